The maximum Gasteiger partial charge on any atom is 0.261 e. The number of hydrogen-bond donors (Lipinski definition) is 1. The van der Waals surface area contributed by atoms with Gasteiger partial charge in [-0.05, 0) is 54.3 Å². The van der Waals surface area contributed by atoms with E-state index in [9.17, 15) is 4.79 Å². The second-order valence-corrected chi connectivity index (χ2v) is 8.21. The van der Waals surface area contributed by atoms with Gasteiger partial charge in [0.1, 0.15) is 5.75 Å². The van der Waals surface area contributed by atoms with Crippen LogP contribution >= 0.6 is 11.6 Å². The Balaban J connectivity index is 1.53. The minimum absolute atomic E-state index is 0.0659. The molecule has 6 nitrogen and oxygen atoms in total. The highest BCUT2D eigenvalue weighted by atomic mass is 35.5. The molecule has 2 aromatic carbocycles. The quantitative estimate of drug-likeness (QED) is 0.629. The molecule has 152 valence electrons. The first-order valence-electron chi connectivity index (χ1n) is 9.36. The van der Waals surface area contributed by atoms with Crippen molar-refractivity contribution in [3.8, 4) is 17.1 Å². The lowest BCUT2D eigenvalue weighted by Crippen LogP contribution is -2.36. The molecule has 0 fully saturated rings. The first-order chi connectivity index (χ1) is 13.7. The molecule has 29 heavy (non-hydrogen) atoms. The highest BCUT2D eigenvalue weighted by Crippen LogP contribution is 2.24. The summed E-state index contributed by atoms with van der Waals surface area (Å²) in [6.45, 7) is 8.26. The molecule has 0 saturated heterocycles. The number of carbonyl (C=O) groups is 1. The van der Waals surface area contributed by atoms with E-state index in [4.69, 9.17) is 20.9 Å². The molecule has 0 aliphatic rings. The van der Waals surface area contributed by atoms with Crippen LogP contribution in [0.1, 0.15) is 39.1 Å². The number of carbonyl (C=O) groups excluding carboxylic acids is 1. The third kappa shape index (κ3) is 5.57. The van der Waals surface area contributed by atoms with Crippen LogP contribution in [0.4, 0.5) is 0 Å². The smallest absolute Gasteiger partial charge is 0.261 e. The van der Waals surface area contributed by atoms with E-state index in [1.165, 1.54) is 5.56 Å². The van der Waals surface area contributed by atoms with E-state index in [1.54, 1.807) is 31.2 Å². The highest BCUT2D eigenvalue weighted by Gasteiger charge is 2.17. The molecule has 1 atom stereocenters. The minimum atomic E-state index is -0.658. The average Bonchev–Trinajstić information content (AvgIpc) is 3.15. The molecule has 1 N–H and O–H groups in total. The summed E-state index contributed by atoms with van der Waals surface area (Å²) in [6.07, 6.45) is -0.658. The van der Waals surface area contributed by atoms with Crippen LogP contribution < -0.4 is 10.1 Å². The van der Waals surface area contributed by atoms with E-state index in [2.05, 4.69) is 36.2 Å². The van der Waals surface area contributed by atoms with Crippen LogP contribution in [0.3, 0.4) is 0 Å². The molecular weight excluding hydrogens is 390 g/mol. The van der Waals surface area contributed by atoms with Crippen molar-refractivity contribution in [3.05, 3.63) is 65.0 Å². The van der Waals surface area contributed by atoms with Gasteiger partial charge in [-0.2, -0.15) is 4.98 Å². The molecule has 0 spiro atoms. The number of nitrogens with one attached hydrogen (secondary N) is 1. The van der Waals surface area contributed by atoms with Gasteiger partial charge < -0.3 is 14.6 Å². The third-order valence-corrected chi connectivity index (χ3v) is 4.64. The zero-order chi connectivity index (χ0) is 21.0. The zero-order valence-corrected chi connectivity index (χ0v) is 17.7. The summed E-state index contributed by atoms with van der Waals surface area (Å²) in [4.78, 5) is 16.6. The number of hydrogen-bond acceptors (Lipinski definition) is 5. The Kier molecular flexibility index (Phi) is 6.23. The van der Waals surface area contributed by atoms with Crippen molar-refractivity contribution in [3.63, 3.8) is 0 Å². The predicted molar refractivity (Wildman–Crippen MR) is 112 cm³/mol. The summed E-state index contributed by atoms with van der Waals surface area (Å²) in [5.41, 5.74) is 2.05. The summed E-state index contributed by atoms with van der Waals surface area (Å²) >= 11 is 5.88. The number of benzene rings is 2. The molecule has 3 rings (SSSR count). The van der Waals surface area contributed by atoms with E-state index in [0.717, 1.165) is 5.56 Å². The molecule has 0 aliphatic heterocycles. The SMILES string of the molecule is C[C@@H](Oc1ccc(C(C)(C)C)cc1)C(=O)NCc1nc(-c2ccc(Cl)cc2)no1. The molecule has 1 aromatic heterocycles. The van der Waals surface area contributed by atoms with Crippen molar-refractivity contribution in [1.29, 1.82) is 0 Å². The molecule has 0 aliphatic carbocycles. The predicted octanol–water partition coefficient (Wildman–Crippen LogP) is 4.77. The standard InChI is InChI=1S/C22H24ClN3O3/c1-14(28-18-11-7-16(8-12-18)22(2,3)4)21(27)24-13-19-25-20(26-29-19)15-5-9-17(23)10-6-15/h5-12,14H,13H2,1-4H3,(H,24,27)/t14-/m1/s1. The van der Waals surface area contributed by atoms with Gasteiger partial charge in [0, 0.05) is 10.6 Å². The van der Waals surface area contributed by atoms with E-state index in [0.29, 0.717) is 22.5 Å². The van der Waals surface area contributed by atoms with Crippen LogP contribution in [0, 0.1) is 0 Å². The molecule has 0 unspecified atom stereocenters. The van der Waals surface area contributed by atoms with E-state index < -0.39 is 6.10 Å². The Morgan fingerprint density at radius 2 is 1.79 bits per heavy atom. The average molecular weight is 414 g/mol. The Labute approximate surface area is 175 Å². The van der Waals surface area contributed by atoms with Crippen molar-refractivity contribution in [1.82, 2.24) is 15.5 Å². The van der Waals surface area contributed by atoms with E-state index in [-0.39, 0.29) is 17.9 Å². The van der Waals surface area contributed by atoms with E-state index >= 15 is 0 Å². The Hall–Kier alpha value is -2.86. The largest absolute Gasteiger partial charge is 0.481 e. The van der Waals surface area contributed by atoms with Gasteiger partial charge >= 0.3 is 0 Å². The van der Waals surface area contributed by atoms with Crippen molar-refractivity contribution in [2.75, 3.05) is 0 Å². The Morgan fingerprint density at radius 1 is 1.14 bits per heavy atom. The lowest BCUT2D eigenvalue weighted by molar-refractivity contribution is -0.127. The van der Waals surface area contributed by atoms with Gasteiger partial charge in [-0.25, -0.2) is 0 Å². The normalized spacial score (nSPS) is 12.4. The molecule has 7 heteroatoms. The lowest BCUT2D eigenvalue weighted by Gasteiger charge is -2.20. The summed E-state index contributed by atoms with van der Waals surface area (Å²) in [7, 11) is 0. The van der Waals surface area contributed by atoms with Crippen LogP contribution in [0.5, 0.6) is 5.75 Å². The van der Waals surface area contributed by atoms with Crippen LogP contribution in [-0.2, 0) is 16.8 Å². The number of halogens is 1. The van der Waals surface area contributed by atoms with Gasteiger partial charge in [-0.3, -0.25) is 4.79 Å². The number of nitrogens with zero attached hydrogens (tertiary/aromatic N) is 2. The maximum absolute atomic E-state index is 12.3. The number of aromatic nitrogens is 2. The zero-order valence-electron chi connectivity index (χ0n) is 16.9. The van der Waals surface area contributed by atoms with Crippen LogP contribution in [0.15, 0.2) is 53.1 Å². The lowest BCUT2D eigenvalue weighted by atomic mass is 9.87. The maximum atomic E-state index is 12.3. The van der Waals surface area contributed by atoms with Crippen molar-refractivity contribution < 1.29 is 14.1 Å². The van der Waals surface area contributed by atoms with Crippen LogP contribution in [-0.4, -0.2) is 22.2 Å². The van der Waals surface area contributed by atoms with Crippen molar-refractivity contribution in [2.45, 2.75) is 45.8 Å². The third-order valence-electron chi connectivity index (χ3n) is 4.39. The molecule has 0 bridgehead atoms. The number of rotatable bonds is 6. The highest BCUT2D eigenvalue weighted by molar-refractivity contribution is 6.30. The van der Waals surface area contributed by atoms with Gasteiger partial charge in [-0.15, -0.1) is 0 Å². The monoisotopic (exact) mass is 413 g/mol. The molecule has 3 aromatic rings. The summed E-state index contributed by atoms with van der Waals surface area (Å²) in [5, 5.41) is 7.30. The van der Waals surface area contributed by atoms with Crippen LogP contribution in [0.2, 0.25) is 5.02 Å². The fourth-order valence-corrected chi connectivity index (χ4v) is 2.77. The molecular formula is C22H24ClN3O3. The molecule has 0 saturated carbocycles. The second-order valence-electron chi connectivity index (χ2n) is 7.77. The van der Waals surface area contributed by atoms with Gasteiger partial charge in [0.15, 0.2) is 6.10 Å². The van der Waals surface area contributed by atoms with Gasteiger partial charge in [0.05, 0.1) is 6.54 Å². The minimum Gasteiger partial charge on any atom is -0.481 e. The van der Waals surface area contributed by atoms with Crippen molar-refractivity contribution >= 4 is 17.5 Å². The second kappa shape index (κ2) is 8.66. The topological polar surface area (TPSA) is 77.2 Å². The summed E-state index contributed by atoms with van der Waals surface area (Å²) < 4.78 is 10.9. The van der Waals surface area contributed by atoms with Gasteiger partial charge in [0.25, 0.3) is 5.91 Å². The number of ether oxygens (including phenoxy) is 1. The fourth-order valence-electron chi connectivity index (χ4n) is 2.64. The molecule has 1 amide bonds. The van der Waals surface area contributed by atoms with E-state index in [1.807, 2.05) is 24.3 Å². The number of amides is 1. The Morgan fingerprint density at radius 3 is 2.41 bits per heavy atom. The molecule has 0 radical (unpaired) electrons. The first-order valence-corrected chi connectivity index (χ1v) is 9.73. The molecule has 1 heterocycles. The van der Waals surface area contributed by atoms with Gasteiger partial charge in [-0.1, -0.05) is 49.7 Å². The fraction of sp³-hybridized carbons (Fsp3) is 0.318. The Bertz CT molecular complexity index is 960. The first kappa shape index (κ1) is 20.9. The van der Waals surface area contributed by atoms with Gasteiger partial charge in [0.2, 0.25) is 11.7 Å². The van der Waals surface area contributed by atoms with Crippen LogP contribution in [0.25, 0.3) is 11.4 Å². The summed E-state index contributed by atoms with van der Waals surface area (Å²) in [6, 6.07) is 14.9. The van der Waals surface area contributed by atoms with Crippen molar-refractivity contribution in [2.24, 2.45) is 0 Å². The summed E-state index contributed by atoms with van der Waals surface area (Å²) in [5.74, 6) is 1.12.